The summed E-state index contributed by atoms with van der Waals surface area (Å²) in [5.41, 5.74) is 2.74. The smallest absolute Gasteiger partial charge is 0.0408 e. The molecule has 0 saturated carbocycles. The Morgan fingerprint density at radius 2 is 2.00 bits per heavy atom. The summed E-state index contributed by atoms with van der Waals surface area (Å²) in [6, 6.07) is 6.19. The monoisotopic (exact) mass is 225 g/mol. The number of halogens is 1. The van der Waals surface area contributed by atoms with E-state index < -0.39 is 0 Å². The molecule has 1 rings (SSSR count). The van der Waals surface area contributed by atoms with E-state index in [0.717, 1.165) is 24.5 Å². The quantitative estimate of drug-likeness (QED) is 0.807. The van der Waals surface area contributed by atoms with Crippen LogP contribution in [0, 0.1) is 5.92 Å². The molecule has 0 spiro atoms. The number of nitrogens with one attached hydrogen (secondary N) is 1. The molecule has 1 nitrogen and oxygen atoms in total. The highest BCUT2D eigenvalue weighted by molar-refractivity contribution is 6.30. The average Bonchev–Trinajstić information content (AvgIpc) is 2.16. The molecular weight excluding hydrogens is 206 g/mol. The van der Waals surface area contributed by atoms with Gasteiger partial charge in [0.1, 0.15) is 0 Å². The van der Waals surface area contributed by atoms with Crippen molar-refractivity contribution in [1.29, 1.82) is 0 Å². The standard InChI is InChI=1S/C13H20ClN/c1-4-15-9-11-5-6-13(14)8-12(11)7-10(2)3/h5-6,8,10,15H,4,7,9H2,1-3H3. The molecule has 0 heterocycles. The van der Waals surface area contributed by atoms with Gasteiger partial charge >= 0.3 is 0 Å². The van der Waals surface area contributed by atoms with E-state index in [9.17, 15) is 0 Å². The first-order valence-electron chi connectivity index (χ1n) is 5.61. The summed E-state index contributed by atoms with van der Waals surface area (Å²) in [6.07, 6.45) is 1.10. The summed E-state index contributed by atoms with van der Waals surface area (Å²) >= 11 is 6.01. The van der Waals surface area contributed by atoms with Crippen molar-refractivity contribution in [2.45, 2.75) is 33.7 Å². The molecular formula is C13H20ClN. The Morgan fingerprint density at radius 1 is 1.27 bits per heavy atom. The van der Waals surface area contributed by atoms with Crippen LogP contribution < -0.4 is 5.32 Å². The van der Waals surface area contributed by atoms with Crippen molar-refractivity contribution in [3.8, 4) is 0 Å². The number of benzene rings is 1. The average molecular weight is 226 g/mol. The molecule has 0 aromatic heterocycles. The van der Waals surface area contributed by atoms with Crippen LogP contribution in [0.15, 0.2) is 18.2 Å². The summed E-state index contributed by atoms with van der Waals surface area (Å²) in [5, 5.41) is 4.19. The molecule has 1 aromatic carbocycles. The molecule has 0 aliphatic rings. The Labute approximate surface area is 97.8 Å². The lowest BCUT2D eigenvalue weighted by Gasteiger charge is -2.12. The fraction of sp³-hybridized carbons (Fsp3) is 0.538. The van der Waals surface area contributed by atoms with Crippen molar-refractivity contribution in [3.63, 3.8) is 0 Å². The number of hydrogen-bond donors (Lipinski definition) is 1. The number of hydrogen-bond acceptors (Lipinski definition) is 1. The molecule has 84 valence electrons. The van der Waals surface area contributed by atoms with Crippen molar-refractivity contribution < 1.29 is 0 Å². The third-order valence-corrected chi connectivity index (χ3v) is 2.60. The fourth-order valence-corrected chi connectivity index (χ4v) is 1.85. The second-order valence-corrected chi connectivity index (χ2v) is 4.73. The lowest BCUT2D eigenvalue weighted by Crippen LogP contribution is -2.13. The van der Waals surface area contributed by atoms with Crippen LogP contribution in [-0.2, 0) is 13.0 Å². The van der Waals surface area contributed by atoms with Crippen molar-refractivity contribution in [2.75, 3.05) is 6.54 Å². The van der Waals surface area contributed by atoms with Crippen LogP contribution in [0.1, 0.15) is 31.9 Å². The first-order valence-corrected chi connectivity index (χ1v) is 5.99. The fourth-order valence-electron chi connectivity index (χ4n) is 1.66. The second kappa shape index (κ2) is 6.14. The molecule has 0 bridgehead atoms. The van der Waals surface area contributed by atoms with Gasteiger partial charge in [0, 0.05) is 11.6 Å². The normalized spacial score (nSPS) is 11.0. The predicted octanol–water partition coefficient (Wildman–Crippen LogP) is 3.65. The minimum Gasteiger partial charge on any atom is -0.313 e. The van der Waals surface area contributed by atoms with Gasteiger partial charge in [-0.25, -0.2) is 0 Å². The van der Waals surface area contributed by atoms with Gasteiger partial charge in [0.25, 0.3) is 0 Å². The van der Waals surface area contributed by atoms with Gasteiger partial charge < -0.3 is 5.32 Å². The van der Waals surface area contributed by atoms with Gasteiger partial charge in [-0.15, -0.1) is 0 Å². The molecule has 1 N–H and O–H groups in total. The van der Waals surface area contributed by atoms with Crippen LogP contribution in [-0.4, -0.2) is 6.54 Å². The van der Waals surface area contributed by atoms with E-state index in [4.69, 9.17) is 11.6 Å². The summed E-state index contributed by atoms with van der Waals surface area (Å²) in [4.78, 5) is 0. The highest BCUT2D eigenvalue weighted by Crippen LogP contribution is 2.19. The highest BCUT2D eigenvalue weighted by atomic mass is 35.5. The Morgan fingerprint density at radius 3 is 2.60 bits per heavy atom. The molecule has 0 aliphatic heterocycles. The first kappa shape index (κ1) is 12.5. The molecule has 0 unspecified atom stereocenters. The first-order chi connectivity index (χ1) is 7.13. The van der Waals surface area contributed by atoms with Gasteiger partial charge in [0.15, 0.2) is 0 Å². The summed E-state index contributed by atoms with van der Waals surface area (Å²) in [6.45, 7) is 8.54. The molecule has 0 atom stereocenters. The third-order valence-electron chi connectivity index (χ3n) is 2.36. The van der Waals surface area contributed by atoms with Gasteiger partial charge in [-0.3, -0.25) is 0 Å². The van der Waals surface area contributed by atoms with E-state index in [-0.39, 0.29) is 0 Å². The largest absolute Gasteiger partial charge is 0.313 e. The van der Waals surface area contributed by atoms with E-state index in [0.29, 0.717) is 5.92 Å². The minimum atomic E-state index is 0.670. The van der Waals surface area contributed by atoms with Crippen LogP contribution in [0.4, 0.5) is 0 Å². The highest BCUT2D eigenvalue weighted by Gasteiger charge is 2.05. The molecule has 0 fully saturated rings. The summed E-state index contributed by atoms with van der Waals surface area (Å²) < 4.78 is 0. The van der Waals surface area contributed by atoms with Crippen LogP contribution >= 0.6 is 11.6 Å². The molecule has 0 saturated heterocycles. The van der Waals surface area contributed by atoms with Crippen LogP contribution in [0.3, 0.4) is 0 Å². The number of rotatable bonds is 5. The van der Waals surface area contributed by atoms with Gasteiger partial charge in [-0.05, 0) is 42.1 Å². The molecule has 1 aromatic rings. The van der Waals surface area contributed by atoms with Crippen LogP contribution in [0.2, 0.25) is 5.02 Å². The molecule has 0 radical (unpaired) electrons. The van der Waals surface area contributed by atoms with Gasteiger partial charge in [0.05, 0.1) is 0 Å². The maximum Gasteiger partial charge on any atom is 0.0408 e. The summed E-state index contributed by atoms with van der Waals surface area (Å²) in [7, 11) is 0. The Bertz CT molecular complexity index is 307. The van der Waals surface area contributed by atoms with Crippen LogP contribution in [0.25, 0.3) is 0 Å². The van der Waals surface area contributed by atoms with E-state index in [1.807, 2.05) is 6.07 Å². The van der Waals surface area contributed by atoms with Crippen LogP contribution in [0.5, 0.6) is 0 Å². The van der Waals surface area contributed by atoms with E-state index >= 15 is 0 Å². The van der Waals surface area contributed by atoms with Crippen molar-refractivity contribution in [3.05, 3.63) is 34.3 Å². The maximum absolute atomic E-state index is 6.01. The molecule has 0 aliphatic carbocycles. The van der Waals surface area contributed by atoms with Crippen molar-refractivity contribution in [2.24, 2.45) is 5.92 Å². The SMILES string of the molecule is CCNCc1ccc(Cl)cc1CC(C)C. The summed E-state index contributed by atoms with van der Waals surface area (Å²) in [5.74, 6) is 0.670. The Hall–Kier alpha value is -0.530. The maximum atomic E-state index is 6.01. The van der Waals surface area contributed by atoms with E-state index in [1.165, 1.54) is 11.1 Å². The van der Waals surface area contributed by atoms with Crippen molar-refractivity contribution >= 4 is 11.6 Å². The Balaban J connectivity index is 2.82. The zero-order chi connectivity index (χ0) is 11.3. The van der Waals surface area contributed by atoms with E-state index in [2.05, 4.69) is 38.2 Å². The molecule has 15 heavy (non-hydrogen) atoms. The lowest BCUT2D eigenvalue weighted by atomic mass is 9.98. The third kappa shape index (κ3) is 4.23. The lowest BCUT2D eigenvalue weighted by molar-refractivity contribution is 0.635. The molecule has 2 heteroatoms. The predicted molar refractivity (Wildman–Crippen MR) is 67.4 cm³/mol. The van der Waals surface area contributed by atoms with Gasteiger partial charge in [-0.1, -0.05) is 38.4 Å². The topological polar surface area (TPSA) is 12.0 Å². The van der Waals surface area contributed by atoms with Gasteiger partial charge in [0.2, 0.25) is 0 Å². The minimum absolute atomic E-state index is 0.670. The van der Waals surface area contributed by atoms with E-state index in [1.54, 1.807) is 0 Å². The molecule has 0 amide bonds. The zero-order valence-electron chi connectivity index (χ0n) is 9.81. The zero-order valence-corrected chi connectivity index (χ0v) is 10.6. The van der Waals surface area contributed by atoms with Crippen molar-refractivity contribution in [1.82, 2.24) is 5.32 Å². The second-order valence-electron chi connectivity index (χ2n) is 4.29. The Kier molecular flexibility index (Phi) is 5.13. The van der Waals surface area contributed by atoms with Gasteiger partial charge in [-0.2, -0.15) is 0 Å².